The van der Waals surface area contributed by atoms with E-state index < -0.39 is 0 Å². The van der Waals surface area contributed by atoms with Gasteiger partial charge in [-0.3, -0.25) is 0 Å². The van der Waals surface area contributed by atoms with Crippen molar-refractivity contribution in [2.24, 2.45) is 107 Å². The third-order valence-corrected chi connectivity index (χ3v) is 19.6. The van der Waals surface area contributed by atoms with E-state index in [1.165, 1.54) is 181 Å². The molecule has 0 rings (SSSR count). The van der Waals surface area contributed by atoms with Gasteiger partial charge < -0.3 is 9.47 Å². The first-order valence-electron chi connectivity index (χ1n) is 41.6. The molecular formula is C89H196O2S4. The maximum absolute atomic E-state index is 5.43. The smallest absolute Gasteiger partial charge is 0.0700 e. The Hall–Kier alpha value is 1.32. The van der Waals surface area contributed by atoms with Gasteiger partial charge in [0.25, 0.3) is 0 Å². The molecule has 0 unspecified atom stereocenters. The van der Waals surface area contributed by atoms with Crippen LogP contribution >= 0.6 is 47.0 Å². The van der Waals surface area contributed by atoms with Crippen LogP contribution in [0.5, 0.6) is 0 Å². The van der Waals surface area contributed by atoms with Crippen LogP contribution in [0.4, 0.5) is 0 Å². The summed E-state index contributed by atoms with van der Waals surface area (Å²) in [6.07, 6.45) is 31.7. The Morgan fingerprint density at radius 1 is 0.147 bits per heavy atom. The number of thioether (sulfide) groups is 4. The first kappa shape index (κ1) is 115. The molecule has 0 amide bonds. The maximum Gasteiger partial charge on any atom is 0.0700 e. The highest BCUT2D eigenvalue weighted by molar-refractivity contribution is 8.02. The van der Waals surface area contributed by atoms with Crippen LogP contribution in [0, 0.1) is 107 Å². The summed E-state index contributed by atoms with van der Waals surface area (Å²) in [5, 5.41) is 0. The molecule has 0 aliphatic carbocycles. The lowest BCUT2D eigenvalue weighted by Gasteiger charge is -2.08. The number of hydrogen-bond donors (Lipinski definition) is 0. The molecule has 0 aromatic carbocycles. The van der Waals surface area contributed by atoms with Crippen molar-refractivity contribution in [3.05, 3.63) is 0 Å². The second-order valence-corrected chi connectivity index (χ2v) is 40.6. The minimum absolute atomic E-state index is 0.733. The van der Waals surface area contributed by atoms with Crippen molar-refractivity contribution >= 4 is 47.0 Å². The minimum Gasteiger partial charge on any atom is -0.379 e. The summed E-state index contributed by atoms with van der Waals surface area (Å²) >= 11 is 8.46. The molecule has 2 nitrogen and oxygen atoms in total. The van der Waals surface area contributed by atoms with Crippen LogP contribution in [0.3, 0.4) is 0 Å². The van der Waals surface area contributed by atoms with Crippen molar-refractivity contribution in [3.8, 4) is 0 Å². The standard InChI is InChI=1S/C12H26O2.C12H26S2.C11H24.2C10H22S.C10H22.C9H20.C8H18.C7H16/c2*1-11(2)5-7-13-9-10-14-8-6-12(3)4;1-10(2)8-6-5-7-9-11(3)4;2*1-9(2)5-7-11-8-6-10(3)4;1-9(2)7-5-6-8-10(3)4;1-8(2)6-5-7-9(3)4;1-7(2)5-6-8(3)4;1-6(2)5-7(3)4/h2*11-12H,5-10H2,1-4H3;10-11H,5-9H2,1-4H3;2*9-10H,5-8H2,1-4H3;9-10H,5-8H2,1-4H3;8-9H,5-7H2,1-4H3;7-8H,5-6H2,1-4H3;6-7H,5H2,1-4H3. The van der Waals surface area contributed by atoms with Crippen LogP contribution in [0.1, 0.15) is 397 Å². The van der Waals surface area contributed by atoms with Crippen molar-refractivity contribution in [3.63, 3.8) is 0 Å². The molecule has 0 saturated heterocycles. The van der Waals surface area contributed by atoms with Gasteiger partial charge in [0.2, 0.25) is 0 Å². The molecule has 0 aromatic heterocycles. The third kappa shape index (κ3) is 173. The van der Waals surface area contributed by atoms with Gasteiger partial charge in [-0.1, -0.05) is 339 Å². The van der Waals surface area contributed by atoms with Gasteiger partial charge in [-0.2, -0.15) is 47.0 Å². The highest BCUT2D eigenvalue weighted by Gasteiger charge is 2.03. The first-order valence-corrected chi connectivity index (χ1v) is 46.2. The fraction of sp³-hybridized carbons (Fsp3) is 1.00. The van der Waals surface area contributed by atoms with Gasteiger partial charge in [0.1, 0.15) is 0 Å². The van der Waals surface area contributed by atoms with E-state index >= 15 is 0 Å². The summed E-state index contributed by atoms with van der Waals surface area (Å²) < 4.78 is 10.9. The van der Waals surface area contributed by atoms with Crippen LogP contribution in [0.25, 0.3) is 0 Å². The lowest BCUT2D eigenvalue weighted by Crippen LogP contribution is -2.08. The van der Waals surface area contributed by atoms with E-state index in [9.17, 15) is 0 Å². The van der Waals surface area contributed by atoms with Crippen molar-refractivity contribution in [1.29, 1.82) is 0 Å². The fourth-order valence-electron chi connectivity index (χ4n) is 8.33. The molecule has 0 spiro atoms. The molecule has 0 N–H and O–H groups in total. The molecule has 0 radical (unpaired) electrons. The third-order valence-electron chi connectivity index (χ3n) is 15.2. The zero-order valence-corrected chi connectivity index (χ0v) is 76.9. The van der Waals surface area contributed by atoms with E-state index in [1.807, 2.05) is 0 Å². The zero-order chi connectivity index (χ0) is 75.4. The van der Waals surface area contributed by atoms with Crippen molar-refractivity contribution in [1.82, 2.24) is 0 Å². The van der Waals surface area contributed by atoms with Crippen molar-refractivity contribution < 1.29 is 9.47 Å². The van der Waals surface area contributed by atoms with Crippen LogP contribution in [-0.4, -0.2) is 72.5 Å². The summed E-state index contributed by atoms with van der Waals surface area (Å²) in [6, 6.07) is 0. The lowest BCUT2D eigenvalue weighted by molar-refractivity contribution is 0.0405. The quantitative estimate of drug-likeness (QED) is 0.0561. The summed E-state index contributed by atoms with van der Waals surface area (Å²) in [6.45, 7) is 85.4. The van der Waals surface area contributed by atoms with E-state index in [4.69, 9.17) is 9.47 Å². The number of rotatable bonds is 50. The van der Waals surface area contributed by atoms with Gasteiger partial charge in [-0.15, -0.1) is 0 Å². The van der Waals surface area contributed by atoms with Crippen molar-refractivity contribution in [2.45, 2.75) is 397 Å². The molecule has 0 fully saturated rings. The molecule has 0 aliphatic rings. The molecule has 95 heavy (non-hydrogen) atoms. The number of unbranched alkanes of at least 4 members (excludes halogenated alkanes) is 3. The Morgan fingerprint density at radius 3 is 0.484 bits per heavy atom. The SMILES string of the molecule is CC(C)CC(C)C.CC(C)CCC(C)C.CC(C)CCCC(C)C.CC(C)CCCCC(C)C.CC(C)CCCCCC(C)C.CC(C)CCOCCOCCC(C)C.CC(C)CCSCCC(C)C.CC(C)CCSCCC(C)C.CC(C)CCSCCSCCC(C)C. The fourth-order valence-corrected chi connectivity index (χ4v) is 13.9. The van der Waals surface area contributed by atoms with E-state index in [0.29, 0.717) is 0 Å². The molecule has 0 aliphatic heterocycles. The van der Waals surface area contributed by atoms with Gasteiger partial charge in [0.15, 0.2) is 0 Å². The van der Waals surface area contributed by atoms with E-state index in [2.05, 4.69) is 296 Å². The molecular weight excluding hydrogens is 1230 g/mol. The molecule has 0 bridgehead atoms. The monoisotopic (exact) mass is 1430 g/mol. The summed E-state index contributed by atoms with van der Waals surface area (Å²) in [7, 11) is 0. The van der Waals surface area contributed by atoms with Crippen LogP contribution < -0.4 is 0 Å². The van der Waals surface area contributed by atoms with Crippen LogP contribution in [0.2, 0.25) is 0 Å². The van der Waals surface area contributed by atoms with Gasteiger partial charge >= 0.3 is 0 Å². The topological polar surface area (TPSA) is 18.5 Å². The summed E-state index contributed by atoms with van der Waals surface area (Å²) in [5.41, 5.74) is 0. The minimum atomic E-state index is 0.733. The predicted octanol–water partition coefficient (Wildman–Crippen LogP) is 32.6. The molecule has 588 valence electrons. The maximum atomic E-state index is 5.43. The van der Waals surface area contributed by atoms with E-state index in [-0.39, 0.29) is 0 Å². The van der Waals surface area contributed by atoms with Gasteiger partial charge in [-0.05, 0) is 199 Å². The van der Waals surface area contributed by atoms with Gasteiger partial charge in [0, 0.05) is 24.7 Å². The molecule has 0 atom stereocenters. The van der Waals surface area contributed by atoms with E-state index in [0.717, 1.165) is 146 Å². The first-order chi connectivity index (χ1) is 44.1. The Labute approximate surface area is 628 Å². The number of hydrogen-bond acceptors (Lipinski definition) is 6. The molecule has 0 aromatic rings. The predicted molar refractivity (Wildman–Crippen MR) is 464 cm³/mol. The Bertz CT molecular complexity index is 1080. The highest BCUT2D eigenvalue weighted by atomic mass is 32.2. The Kier molecular flexibility index (Phi) is 110. The Morgan fingerprint density at radius 2 is 0.316 bits per heavy atom. The lowest BCUT2D eigenvalue weighted by atomic mass is 10.0. The highest BCUT2D eigenvalue weighted by Crippen LogP contribution is 2.18. The Balaban J connectivity index is -0.000000126. The second-order valence-electron chi connectivity index (χ2n) is 35.7. The average molecular weight is 1430 g/mol. The molecule has 6 heteroatoms. The summed E-state index contributed by atoms with van der Waals surface area (Å²) in [5.74, 6) is 26.4. The van der Waals surface area contributed by atoms with Crippen LogP contribution in [0.15, 0.2) is 0 Å². The number of ether oxygens (including phenoxy) is 2. The molecule has 0 saturated carbocycles. The second kappa shape index (κ2) is 91.4. The largest absolute Gasteiger partial charge is 0.379 e. The zero-order valence-electron chi connectivity index (χ0n) is 73.6. The van der Waals surface area contributed by atoms with Gasteiger partial charge in [-0.25, -0.2) is 0 Å². The van der Waals surface area contributed by atoms with Crippen molar-refractivity contribution in [2.75, 3.05) is 72.5 Å². The molecule has 0 heterocycles. The van der Waals surface area contributed by atoms with E-state index in [1.54, 1.807) is 0 Å². The summed E-state index contributed by atoms with van der Waals surface area (Å²) in [4.78, 5) is 0. The average Bonchev–Trinajstić information content (AvgIpc) is 3.44. The van der Waals surface area contributed by atoms with Crippen LogP contribution in [-0.2, 0) is 9.47 Å². The van der Waals surface area contributed by atoms with Gasteiger partial charge in [0.05, 0.1) is 13.2 Å². The normalized spacial score (nSPS) is 11.4.